The van der Waals surface area contributed by atoms with Gasteiger partial charge in [0.2, 0.25) is 0 Å². The van der Waals surface area contributed by atoms with Gasteiger partial charge in [-0.05, 0) is 44.7 Å². The maximum atomic E-state index is 9.16. The maximum absolute atomic E-state index is 9.16. The summed E-state index contributed by atoms with van der Waals surface area (Å²) in [6, 6.07) is 2.75. The Morgan fingerprint density at radius 3 is 2.14 bits per heavy atom. The molecule has 1 saturated carbocycles. The van der Waals surface area contributed by atoms with Crippen LogP contribution >= 0.6 is 12.4 Å². The Morgan fingerprint density at radius 1 is 1.07 bits per heavy atom. The summed E-state index contributed by atoms with van der Waals surface area (Å²) in [6.07, 6.45) is 7.85. The minimum absolute atomic E-state index is 0. The highest BCUT2D eigenvalue weighted by molar-refractivity contribution is 5.85. The molecular weight excluding hydrogens is 196 g/mol. The third-order valence-electron chi connectivity index (χ3n) is 3.51. The molecule has 0 N–H and O–H groups in total. The Bertz CT molecular complexity index is 184. The third kappa shape index (κ3) is 2.40. The van der Waals surface area contributed by atoms with Crippen LogP contribution in [-0.4, -0.2) is 24.0 Å². The Labute approximate surface area is 92.7 Å². The molecule has 14 heavy (non-hydrogen) atoms. The van der Waals surface area contributed by atoms with E-state index >= 15 is 0 Å². The normalized spacial score (nSPS) is 25.6. The summed E-state index contributed by atoms with van der Waals surface area (Å²) in [4.78, 5) is 2.40. The van der Waals surface area contributed by atoms with E-state index in [-0.39, 0.29) is 18.4 Å². The monoisotopic (exact) mass is 214 g/mol. The van der Waals surface area contributed by atoms with Crippen LogP contribution < -0.4 is 0 Å². The van der Waals surface area contributed by atoms with Crippen molar-refractivity contribution in [2.75, 3.05) is 13.1 Å². The van der Waals surface area contributed by atoms with Crippen molar-refractivity contribution in [3.63, 3.8) is 0 Å². The van der Waals surface area contributed by atoms with Gasteiger partial charge in [0.25, 0.3) is 0 Å². The summed E-state index contributed by atoms with van der Waals surface area (Å²) in [7, 11) is 0. The van der Waals surface area contributed by atoms with Gasteiger partial charge in [-0.15, -0.1) is 12.4 Å². The molecule has 2 rings (SSSR count). The lowest BCUT2D eigenvalue weighted by atomic mass is 9.98. The topological polar surface area (TPSA) is 27.0 Å². The second-order valence-corrected chi connectivity index (χ2v) is 4.36. The van der Waals surface area contributed by atoms with Gasteiger partial charge in [0.15, 0.2) is 0 Å². The van der Waals surface area contributed by atoms with Gasteiger partial charge in [-0.2, -0.15) is 5.26 Å². The van der Waals surface area contributed by atoms with Crippen LogP contribution in [0.25, 0.3) is 0 Å². The van der Waals surface area contributed by atoms with E-state index in [1.54, 1.807) is 0 Å². The Hall–Kier alpha value is -0.260. The molecule has 2 aliphatic rings. The smallest absolute Gasteiger partial charge is 0.101 e. The van der Waals surface area contributed by atoms with Gasteiger partial charge < -0.3 is 0 Å². The molecule has 0 aromatic rings. The van der Waals surface area contributed by atoms with Gasteiger partial charge in [0.1, 0.15) is 6.04 Å². The number of nitriles is 1. The van der Waals surface area contributed by atoms with Crippen molar-refractivity contribution >= 4 is 12.4 Å². The van der Waals surface area contributed by atoms with Crippen molar-refractivity contribution in [3.05, 3.63) is 0 Å². The van der Waals surface area contributed by atoms with Crippen LogP contribution in [0, 0.1) is 17.2 Å². The van der Waals surface area contributed by atoms with E-state index in [2.05, 4.69) is 11.0 Å². The van der Waals surface area contributed by atoms with E-state index in [0.717, 1.165) is 13.1 Å². The average Bonchev–Trinajstić information content (AvgIpc) is 2.76. The summed E-state index contributed by atoms with van der Waals surface area (Å²) in [5.74, 6) is 0.683. The van der Waals surface area contributed by atoms with Crippen molar-refractivity contribution in [2.45, 2.75) is 44.6 Å². The first-order valence-corrected chi connectivity index (χ1v) is 5.55. The molecule has 0 aromatic carbocycles. The summed E-state index contributed by atoms with van der Waals surface area (Å²) < 4.78 is 0. The van der Waals surface area contributed by atoms with E-state index in [1.165, 1.54) is 38.5 Å². The van der Waals surface area contributed by atoms with Crippen molar-refractivity contribution in [3.8, 4) is 6.07 Å². The van der Waals surface area contributed by atoms with Crippen LogP contribution in [0.15, 0.2) is 0 Å². The molecule has 3 heteroatoms. The molecule has 1 aliphatic carbocycles. The zero-order chi connectivity index (χ0) is 9.10. The zero-order valence-corrected chi connectivity index (χ0v) is 9.43. The molecule has 2 nitrogen and oxygen atoms in total. The van der Waals surface area contributed by atoms with Crippen molar-refractivity contribution in [1.82, 2.24) is 4.90 Å². The molecule has 1 unspecified atom stereocenters. The standard InChI is InChI=1S/C11H18N2.ClH/c12-9-11(10-5-1-2-6-10)13-7-3-4-8-13;/h10-11H,1-8H2;1H. The summed E-state index contributed by atoms with van der Waals surface area (Å²) in [5.41, 5.74) is 0. The molecule has 1 saturated heterocycles. The van der Waals surface area contributed by atoms with Crippen LogP contribution in [0.4, 0.5) is 0 Å². The maximum Gasteiger partial charge on any atom is 0.101 e. The van der Waals surface area contributed by atoms with E-state index < -0.39 is 0 Å². The van der Waals surface area contributed by atoms with Crippen molar-refractivity contribution in [1.29, 1.82) is 5.26 Å². The van der Waals surface area contributed by atoms with Crippen LogP contribution in [0.2, 0.25) is 0 Å². The molecule has 0 amide bonds. The van der Waals surface area contributed by atoms with Gasteiger partial charge in [-0.3, -0.25) is 4.90 Å². The van der Waals surface area contributed by atoms with E-state index in [4.69, 9.17) is 5.26 Å². The van der Waals surface area contributed by atoms with Crippen LogP contribution in [-0.2, 0) is 0 Å². The lowest BCUT2D eigenvalue weighted by Crippen LogP contribution is -2.36. The molecular formula is C11H19ClN2. The van der Waals surface area contributed by atoms with Gasteiger partial charge >= 0.3 is 0 Å². The number of hydrogen-bond acceptors (Lipinski definition) is 2. The molecule has 0 radical (unpaired) electrons. The number of nitrogens with zero attached hydrogens (tertiary/aromatic N) is 2. The predicted octanol–water partition coefficient (Wildman–Crippen LogP) is 2.59. The molecule has 80 valence electrons. The first kappa shape index (κ1) is 11.8. The van der Waals surface area contributed by atoms with Crippen LogP contribution in [0.1, 0.15) is 38.5 Å². The van der Waals surface area contributed by atoms with E-state index in [0.29, 0.717) is 5.92 Å². The highest BCUT2D eigenvalue weighted by Crippen LogP contribution is 2.31. The summed E-state index contributed by atoms with van der Waals surface area (Å²) in [5, 5.41) is 9.16. The molecule has 0 bridgehead atoms. The predicted molar refractivity (Wildman–Crippen MR) is 59.4 cm³/mol. The van der Waals surface area contributed by atoms with Crippen molar-refractivity contribution < 1.29 is 0 Å². The summed E-state index contributed by atoms with van der Waals surface area (Å²) >= 11 is 0. The van der Waals surface area contributed by atoms with Gasteiger partial charge in [0, 0.05) is 0 Å². The first-order valence-electron chi connectivity index (χ1n) is 5.55. The molecule has 1 heterocycles. The van der Waals surface area contributed by atoms with E-state index in [9.17, 15) is 0 Å². The Morgan fingerprint density at radius 2 is 1.64 bits per heavy atom. The fraction of sp³-hybridized carbons (Fsp3) is 0.909. The minimum atomic E-state index is 0. The van der Waals surface area contributed by atoms with Gasteiger partial charge in [0.05, 0.1) is 6.07 Å². The fourth-order valence-electron chi connectivity index (χ4n) is 2.78. The van der Waals surface area contributed by atoms with E-state index in [1.807, 2.05) is 0 Å². The Kier molecular flexibility index (Phi) is 4.71. The molecule has 1 atom stereocenters. The lowest BCUT2D eigenvalue weighted by Gasteiger charge is -2.26. The van der Waals surface area contributed by atoms with Crippen LogP contribution in [0.5, 0.6) is 0 Å². The summed E-state index contributed by atoms with van der Waals surface area (Å²) in [6.45, 7) is 2.32. The lowest BCUT2D eigenvalue weighted by molar-refractivity contribution is 0.222. The number of likely N-dealkylation sites (tertiary alicyclic amines) is 1. The second-order valence-electron chi connectivity index (χ2n) is 4.36. The Balaban J connectivity index is 0.000000980. The average molecular weight is 215 g/mol. The van der Waals surface area contributed by atoms with Crippen molar-refractivity contribution in [2.24, 2.45) is 5.92 Å². The first-order chi connectivity index (χ1) is 6.42. The highest BCUT2D eigenvalue weighted by atomic mass is 35.5. The number of halogens is 1. The zero-order valence-electron chi connectivity index (χ0n) is 8.61. The molecule has 0 aromatic heterocycles. The number of hydrogen-bond donors (Lipinski definition) is 0. The molecule has 1 aliphatic heterocycles. The minimum Gasteiger partial charge on any atom is -0.288 e. The molecule has 0 spiro atoms. The SMILES string of the molecule is Cl.N#CC(C1CCCC1)N1CCCC1. The van der Waals surface area contributed by atoms with Gasteiger partial charge in [-0.1, -0.05) is 12.8 Å². The third-order valence-corrected chi connectivity index (χ3v) is 3.51. The fourth-order valence-corrected chi connectivity index (χ4v) is 2.78. The quantitative estimate of drug-likeness (QED) is 0.707. The molecule has 2 fully saturated rings. The van der Waals surface area contributed by atoms with Gasteiger partial charge in [-0.25, -0.2) is 0 Å². The second kappa shape index (κ2) is 5.58. The van der Waals surface area contributed by atoms with Crippen LogP contribution in [0.3, 0.4) is 0 Å². The number of rotatable bonds is 2. The highest BCUT2D eigenvalue weighted by Gasteiger charge is 2.30. The largest absolute Gasteiger partial charge is 0.288 e.